The number of aryl methyl sites for hydroxylation is 1. The number of hydroxylamine groups is 1. The van der Waals surface area contributed by atoms with Gasteiger partial charge in [0, 0.05) is 12.4 Å². The molecule has 1 aromatic heterocycles. The molecule has 0 saturated carbocycles. The topological polar surface area (TPSA) is 203 Å². The Morgan fingerprint density at radius 2 is 1.59 bits per heavy atom. The molecule has 3 heterocycles. The summed E-state index contributed by atoms with van der Waals surface area (Å²) >= 11 is 0. The van der Waals surface area contributed by atoms with E-state index in [2.05, 4.69) is 10.5 Å². The third kappa shape index (κ3) is 5.59. The Balaban J connectivity index is 1.66. The van der Waals surface area contributed by atoms with Gasteiger partial charge in [-0.05, 0) is 18.1 Å². The van der Waals surface area contributed by atoms with Gasteiger partial charge in [-0.25, -0.2) is 0 Å². The lowest BCUT2D eigenvalue weighted by Gasteiger charge is -2.46. The summed E-state index contributed by atoms with van der Waals surface area (Å²) < 4.78 is 16.2. The van der Waals surface area contributed by atoms with Crippen LogP contribution in [-0.2, 0) is 25.7 Å². The zero-order valence-electron chi connectivity index (χ0n) is 17.3. The fraction of sp³-hybridized carbons (Fsp3) is 0.737. The predicted molar refractivity (Wildman–Crippen MR) is 103 cm³/mol. The molecule has 0 aromatic carbocycles. The van der Waals surface area contributed by atoms with E-state index in [4.69, 9.17) is 19.0 Å². The highest BCUT2D eigenvalue weighted by Crippen LogP contribution is 2.28. The average molecular weight is 462 g/mol. The molecule has 0 spiro atoms. The Bertz CT molecular complexity index is 726. The summed E-state index contributed by atoms with van der Waals surface area (Å²) in [5, 5.41) is 70.0. The minimum absolute atomic E-state index is 0.0752. The smallest absolute Gasteiger partial charge is 0.187 e. The van der Waals surface area contributed by atoms with Crippen LogP contribution in [0.3, 0.4) is 0 Å². The van der Waals surface area contributed by atoms with E-state index in [-0.39, 0.29) is 6.61 Å². The maximum atomic E-state index is 10.7. The molecule has 0 amide bonds. The van der Waals surface area contributed by atoms with Crippen molar-refractivity contribution in [2.24, 2.45) is 0 Å². The van der Waals surface area contributed by atoms with Crippen LogP contribution in [0.1, 0.15) is 11.1 Å². The van der Waals surface area contributed by atoms with Crippen LogP contribution in [-0.4, -0.2) is 115 Å². The third-order valence-corrected chi connectivity index (χ3v) is 5.38. The molecule has 0 radical (unpaired) electrons. The van der Waals surface area contributed by atoms with E-state index in [0.717, 1.165) is 11.1 Å². The second-order valence-electron chi connectivity index (χ2n) is 7.83. The molecule has 0 aliphatic carbocycles. The van der Waals surface area contributed by atoms with Crippen LogP contribution < -0.4 is 5.48 Å². The van der Waals surface area contributed by atoms with Crippen molar-refractivity contribution in [1.29, 1.82) is 0 Å². The number of pyridine rings is 1. The zero-order valence-corrected chi connectivity index (χ0v) is 17.3. The van der Waals surface area contributed by atoms with Crippen molar-refractivity contribution in [2.45, 2.75) is 74.9 Å². The van der Waals surface area contributed by atoms with Gasteiger partial charge in [0.05, 0.1) is 19.8 Å². The van der Waals surface area contributed by atoms with Crippen molar-refractivity contribution in [1.82, 2.24) is 10.5 Å². The Morgan fingerprint density at radius 1 is 0.906 bits per heavy atom. The average Bonchev–Trinajstić information content (AvgIpc) is 2.78. The van der Waals surface area contributed by atoms with Gasteiger partial charge in [0.15, 0.2) is 12.5 Å². The summed E-state index contributed by atoms with van der Waals surface area (Å²) in [5.74, 6) is 0. The molecule has 4 unspecified atom stereocenters. The maximum absolute atomic E-state index is 10.7. The highest BCUT2D eigenvalue weighted by Gasteiger charge is 2.50. The molecule has 13 nitrogen and oxygen atoms in total. The molecule has 2 aliphatic heterocycles. The molecule has 2 saturated heterocycles. The van der Waals surface area contributed by atoms with Gasteiger partial charge in [-0.1, -0.05) is 6.07 Å². The van der Waals surface area contributed by atoms with Crippen molar-refractivity contribution in [2.75, 3.05) is 13.2 Å². The highest BCUT2D eigenvalue weighted by molar-refractivity contribution is 5.15. The molecule has 2 aliphatic rings. The number of aromatic nitrogens is 1. The number of rotatable bonds is 8. The van der Waals surface area contributed by atoms with Crippen molar-refractivity contribution in [3.8, 4) is 0 Å². The molecule has 32 heavy (non-hydrogen) atoms. The molecule has 3 rings (SSSR count). The van der Waals surface area contributed by atoms with Crippen LogP contribution in [0.2, 0.25) is 0 Å². The molecule has 8 N–H and O–H groups in total. The van der Waals surface area contributed by atoms with Crippen molar-refractivity contribution in [3.05, 3.63) is 29.6 Å². The van der Waals surface area contributed by atoms with E-state index in [0.29, 0.717) is 0 Å². The quantitative estimate of drug-likeness (QED) is 0.174. The lowest BCUT2D eigenvalue weighted by atomic mass is 9.96. The van der Waals surface area contributed by atoms with Gasteiger partial charge in [-0.2, -0.15) is 5.48 Å². The SMILES string of the molecule is Cc1cncc(CON[C@@H]2OC(CO)[C@@H](O)[C@@H](O[C@H]3OC(CO)[C@@H](O)[C@@H](O)C3O)C2O)c1. The molecular formula is C19H30N2O11. The monoisotopic (exact) mass is 462 g/mol. The first kappa shape index (κ1) is 25.3. The molecule has 13 heteroatoms. The van der Waals surface area contributed by atoms with Gasteiger partial charge in [0.1, 0.15) is 48.8 Å². The van der Waals surface area contributed by atoms with E-state index < -0.39 is 74.6 Å². The van der Waals surface area contributed by atoms with Crippen molar-refractivity contribution >= 4 is 0 Å². The Morgan fingerprint density at radius 3 is 2.25 bits per heavy atom. The first-order valence-corrected chi connectivity index (χ1v) is 10.1. The van der Waals surface area contributed by atoms with Crippen LogP contribution in [0.4, 0.5) is 0 Å². The van der Waals surface area contributed by atoms with Gasteiger partial charge in [-0.3, -0.25) is 9.82 Å². The molecule has 1 aromatic rings. The lowest BCUT2D eigenvalue weighted by molar-refractivity contribution is -0.347. The molecule has 0 bridgehead atoms. The second kappa shape index (κ2) is 11.2. The summed E-state index contributed by atoms with van der Waals surface area (Å²) in [4.78, 5) is 9.40. The number of aliphatic hydroxyl groups is 7. The summed E-state index contributed by atoms with van der Waals surface area (Å²) in [7, 11) is 0. The van der Waals surface area contributed by atoms with Crippen LogP contribution in [0.25, 0.3) is 0 Å². The number of nitrogens with zero attached hydrogens (tertiary/aromatic N) is 1. The van der Waals surface area contributed by atoms with Crippen LogP contribution in [0.15, 0.2) is 18.5 Å². The van der Waals surface area contributed by atoms with Crippen molar-refractivity contribution in [3.63, 3.8) is 0 Å². The van der Waals surface area contributed by atoms with E-state index >= 15 is 0 Å². The normalized spacial score (nSPS) is 40.4. The Labute approximate surface area is 183 Å². The van der Waals surface area contributed by atoms with E-state index in [1.54, 1.807) is 12.4 Å². The minimum Gasteiger partial charge on any atom is -0.394 e. The van der Waals surface area contributed by atoms with Gasteiger partial charge >= 0.3 is 0 Å². The Hall–Kier alpha value is -1.33. The summed E-state index contributed by atoms with van der Waals surface area (Å²) in [5.41, 5.74) is 4.18. The first-order valence-electron chi connectivity index (χ1n) is 10.1. The predicted octanol–water partition coefficient (Wildman–Crippen LogP) is -3.96. The lowest BCUT2D eigenvalue weighted by Crippen LogP contribution is -2.66. The van der Waals surface area contributed by atoms with E-state index in [1.165, 1.54) is 0 Å². The maximum Gasteiger partial charge on any atom is 0.187 e. The minimum atomic E-state index is -1.74. The van der Waals surface area contributed by atoms with Gasteiger partial charge < -0.3 is 50.0 Å². The first-order chi connectivity index (χ1) is 15.3. The number of aliphatic hydroxyl groups excluding tert-OH is 7. The zero-order chi connectivity index (χ0) is 23.4. The second-order valence-corrected chi connectivity index (χ2v) is 7.83. The fourth-order valence-corrected chi connectivity index (χ4v) is 3.58. The molecule has 2 fully saturated rings. The van der Waals surface area contributed by atoms with Crippen LogP contribution in [0.5, 0.6) is 0 Å². The van der Waals surface area contributed by atoms with E-state index in [9.17, 15) is 35.7 Å². The largest absolute Gasteiger partial charge is 0.394 e. The van der Waals surface area contributed by atoms with Gasteiger partial charge in [0.25, 0.3) is 0 Å². The van der Waals surface area contributed by atoms with Crippen LogP contribution in [0, 0.1) is 6.92 Å². The molecular weight excluding hydrogens is 432 g/mol. The number of hydrogen-bond acceptors (Lipinski definition) is 13. The summed E-state index contributed by atoms with van der Waals surface area (Å²) in [6.07, 6.45) is -11.6. The van der Waals surface area contributed by atoms with Crippen molar-refractivity contribution < 1.29 is 54.8 Å². The van der Waals surface area contributed by atoms with E-state index in [1.807, 2.05) is 13.0 Å². The van der Waals surface area contributed by atoms with Crippen LogP contribution >= 0.6 is 0 Å². The number of hydrogen-bond donors (Lipinski definition) is 8. The number of nitrogens with one attached hydrogen (secondary N) is 1. The number of ether oxygens (including phenoxy) is 3. The third-order valence-electron chi connectivity index (χ3n) is 5.38. The Kier molecular flexibility index (Phi) is 8.85. The van der Waals surface area contributed by atoms with Gasteiger partial charge in [0.2, 0.25) is 0 Å². The standard InChI is InChI=1S/C19H30N2O11/c1-8-2-9(4-20-3-8)7-29-21-18-16(28)17(13(25)11(6-23)30-18)32-19-15(27)14(26)12(24)10(5-22)31-19/h2-4,10-19,21-28H,5-7H2,1H3/t10?,11?,12-,13-,14-,15?,16?,17-,18-,19-/m1/s1. The molecule has 10 atom stereocenters. The fourth-order valence-electron chi connectivity index (χ4n) is 3.58. The summed E-state index contributed by atoms with van der Waals surface area (Å²) in [6, 6.07) is 1.85. The molecule has 182 valence electrons. The highest BCUT2D eigenvalue weighted by atomic mass is 16.7. The summed E-state index contributed by atoms with van der Waals surface area (Å²) in [6.45, 7) is 0.648. The van der Waals surface area contributed by atoms with Gasteiger partial charge in [-0.15, -0.1) is 0 Å².